The molecular formula is C47H74N4O4. The van der Waals surface area contributed by atoms with E-state index in [1.54, 1.807) is 0 Å². The third-order valence-corrected chi connectivity index (χ3v) is 11.6. The van der Waals surface area contributed by atoms with Crippen LogP contribution in [0.4, 0.5) is 0 Å². The van der Waals surface area contributed by atoms with Gasteiger partial charge in [0.15, 0.2) is 0 Å². The lowest BCUT2D eigenvalue weighted by Crippen LogP contribution is -2.50. The largest absolute Gasteiger partial charge is 0.553 e. The molecule has 1 aromatic carbocycles. The van der Waals surface area contributed by atoms with Crippen molar-refractivity contribution in [3.8, 4) is 0 Å². The van der Waals surface area contributed by atoms with Crippen LogP contribution in [-0.2, 0) is 40.2 Å². The molecular weight excluding hydrogens is 685 g/mol. The number of aliphatic imine (C=N–C) groups is 1. The van der Waals surface area contributed by atoms with Crippen LogP contribution >= 0.6 is 0 Å². The zero-order valence-electron chi connectivity index (χ0n) is 35.2. The molecule has 0 saturated carbocycles. The minimum absolute atomic E-state index is 0.212. The summed E-state index contributed by atoms with van der Waals surface area (Å²) in [5.41, 5.74) is 7.46. The molecule has 0 radical (unpaired) electrons. The highest BCUT2D eigenvalue weighted by atomic mass is 16.6. The molecule has 0 spiro atoms. The number of quaternary nitrogens is 1. The monoisotopic (exact) mass is 759 g/mol. The highest BCUT2D eigenvalue weighted by Gasteiger charge is 2.32. The van der Waals surface area contributed by atoms with Gasteiger partial charge in [-0.2, -0.15) is 0 Å². The van der Waals surface area contributed by atoms with Crippen molar-refractivity contribution < 1.29 is 23.9 Å². The minimum atomic E-state index is -0.703. The SMILES string of the molecule is CCCCCCCCCCCCCCCCCCCCCCOC(=O)CN=C([O-])OC[N+]1(C)CCc2c(c3cc(C)ccc3n2CCc2ccc(C)nc2)C1. The lowest BCUT2D eigenvalue weighted by Gasteiger charge is -2.40. The molecule has 1 atom stereocenters. The van der Waals surface area contributed by atoms with Crippen LogP contribution in [0, 0.1) is 13.8 Å². The van der Waals surface area contributed by atoms with Crippen molar-refractivity contribution in [1.29, 1.82) is 0 Å². The number of carbonyl (C=O) groups excluding carboxylic acids is 1. The number of nitrogens with zero attached hydrogens (tertiary/aromatic N) is 4. The van der Waals surface area contributed by atoms with Crippen molar-refractivity contribution in [3.05, 3.63) is 64.6 Å². The molecule has 8 heteroatoms. The summed E-state index contributed by atoms with van der Waals surface area (Å²) in [7, 11) is 2.13. The number of hydrogen-bond donors (Lipinski definition) is 0. The molecule has 306 valence electrons. The number of carbonyl (C=O) groups is 1. The van der Waals surface area contributed by atoms with Gasteiger partial charge >= 0.3 is 5.97 Å². The molecule has 3 heterocycles. The Morgan fingerprint density at radius 2 is 1.42 bits per heavy atom. The van der Waals surface area contributed by atoms with E-state index in [1.807, 2.05) is 13.1 Å². The third kappa shape index (κ3) is 16.3. The molecule has 0 saturated heterocycles. The molecule has 0 aliphatic carbocycles. The van der Waals surface area contributed by atoms with Gasteiger partial charge in [-0.1, -0.05) is 147 Å². The molecule has 0 N–H and O–H groups in total. The van der Waals surface area contributed by atoms with Gasteiger partial charge in [0.05, 0.1) is 20.2 Å². The van der Waals surface area contributed by atoms with Crippen LogP contribution in [0.3, 0.4) is 0 Å². The van der Waals surface area contributed by atoms with Gasteiger partial charge in [0.1, 0.15) is 25.9 Å². The van der Waals surface area contributed by atoms with E-state index in [-0.39, 0.29) is 13.3 Å². The summed E-state index contributed by atoms with van der Waals surface area (Å²) in [6.45, 7) is 9.25. The average molecular weight is 759 g/mol. The van der Waals surface area contributed by atoms with Gasteiger partial charge in [-0.05, 0) is 50.5 Å². The summed E-state index contributed by atoms with van der Waals surface area (Å²) < 4.78 is 14.0. The summed E-state index contributed by atoms with van der Waals surface area (Å²) in [5.74, 6) is -0.470. The Kier molecular flexibility index (Phi) is 20.1. The second kappa shape index (κ2) is 25.0. The zero-order chi connectivity index (χ0) is 39.1. The van der Waals surface area contributed by atoms with Gasteiger partial charge in [0.2, 0.25) is 0 Å². The highest BCUT2D eigenvalue weighted by Crippen LogP contribution is 2.34. The van der Waals surface area contributed by atoms with E-state index in [4.69, 9.17) is 9.47 Å². The van der Waals surface area contributed by atoms with Gasteiger partial charge < -0.3 is 23.6 Å². The topological polar surface area (TPSA) is 88.8 Å². The highest BCUT2D eigenvalue weighted by molar-refractivity contribution is 5.86. The molecule has 2 aromatic heterocycles. The Bertz CT molecular complexity index is 1570. The number of pyridine rings is 1. The Hall–Kier alpha value is -3.39. The van der Waals surface area contributed by atoms with E-state index >= 15 is 0 Å². The number of rotatable bonds is 28. The minimum Gasteiger partial charge on any atom is -0.553 e. The first-order chi connectivity index (χ1) is 26.8. The predicted molar refractivity (Wildman–Crippen MR) is 225 cm³/mol. The number of aromatic nitrogens is 2. The molecule has 1 unspecified atom stereocenters. The van der Waals surface area contributed by atoms with Crippen LogP contribution in [0.2, 0.25) is 0 Å². The van der Waals surface area contributed by atoms with Crippen LogP contribution in [0.25, 0.3) is 10.9 Å². The van der Waals surface area contributed by atoms with E-state index < -0.39 is 12.1 Å². The Morgan fingerprint density at radius 1 is 0.818 bits per heavy atom. The molecule has 0 fully saturated rings. The van der Waals surface area contributed by atoms with E-state index in [2.05, 4.69) is 65.8 Å². The Balaban J connectivity index is 1.02. The van der Waals surface area contributed by atoms with Crippen molar-refractivity contribution >= 4 is 23.0 Å². The van der Waals surface area contributed by atoms with Crippen LogP contribution in [0.5, 0.6) is 0 Å². The van der Waals surface area contributed by atoms with Gasteiger partial charge in [-0.25, -0.2) is 0 Å². The van der Waals surface area contributed by atoms with Crippen LogP contribution in [-0.4, -0.2) is 59.6 Å². The number of esters is 1. The summed E-state index contributed by atoms with van der Waals surface area (Å²) >= 11 is 0. The maximum atomic E-state index is 12.5. The first-order valence-electron chi connectivity index (χ1n) is 22.1. The van der Waals surface area contributed by atoms with E-state index in [0.717, 1.165) is 51.0 Å². The molecule has 55 heavy (non-hydrogen) atoms. The van der Waals surface area contributed by atoms with Gasteiger partial charge in [-0.15, -0.1) is 0 Å². The number of unbranched alkanes of at least 4 members (excludes halogenated alkanes) is 19. The first kappa shape index (κ1) is 44.3. The summed E-state index contributed by atoms with van der Waals surface area (Å²) in [6, 6.07) is 10.9. The molecule has 3 aromatic rings. The number of likely N-dealkylation sites (N-methyl/N-ethyl adjacent to an activating group) is 1. The first-order valence-corrected chi connectivity index (χ1v) is 22.1. The summed E-state index contributed by atoms with van der Waals surface area (Å²) in [5, 5.41) is 13.8. The third-order valence-electron chi connectivity index (χ3n) is 11.6. The molecule has 1 aliphatic heterocycles. The summed E-state index contributed by atoms with van der Waals surface area (Å²) in [6.07, 6.45) is 29.8. The molecule has 8 nitrogen and oxygen atoms in total. The van der Waals surface area contributed by atoms with Crippen LogP contribution < -0.4 is 5.11 Å². The normalized spacial score (nSPS) is 15.7. The van der Waals surface area contributed by atoms with Crippen molar-refractivity contribution in [2.45, 2.75) is 175 Å². The fourth-order valence-electron chi connectivity index (χ4n) is 8.12. The number of benzene rings is 1. The average Bonchev–Trinajstić information content (AvgIpc) is 3.47. The molecule has 1 aliphatic rings. The van der Waals surface area contributed by atoms with E-state index in [1.165, 1.54) is 149 Å². The smallest absolute Gasteiger partial charge is 0.327 e. The number of hydrogen-bond acceptors (Lipinski definition) is 6. The number of aryl methyl sites for hydroxylation is 4. The van der Waals surface area contributed by atoms with Gasteiger partial charge in [-0.3, -0.25) is 14.8 Å². The van der Waals surface area contributed by atoms with Crippen molar-refractivity contribution in [2.75, 3.05) is 33.5 Å². The zero-order valence-corrected chi connectivity index (χ0v) is 35.2. The maximum absolute atomic E-state index is 12.5. The fraction of sp³-hybridized carbons (Fsp3) is 0.681. The molecule has 0 amide bonds. The Labute approximate surface area is 333 Å². The van der Waals surface area contributed by atoms with Crippen molar-refractivity contribution in [1.82, 2.24) is 9.55 Å². The van der Waals surface area contributed by atoms with Crippen LogP contribution in [0.1, 0.15) is 163 Å². The predicted octanol–water partition coefficient (Wildman–Crippen LogP) is 10.5. The van der Waals surface area contributed by atoms with Crippen LogP contribution in [0.15, 0.2) is 41.5 Å². The second-order valence-electron chi connectivity index (χ2n) is 16.7. The second-order valence-corrected chi connectivity index (χ2v) is 16.7. The van der Waals surface area contributed by atoms with Crippen molar-refractivity contribution in [3.63, 3.8) is 0 Å². The fourth-order valence-corrected chi connectivity index (χ4v) is 8.12. The number of fused-ring (bicyclic) bond motifs is 3. The van der Waals surface area contributed by atoms with E-state index in [0.29, 0.717) is 11.1 Å². The lowest BCUT2D eigenvalue weighted by atomic mass is 10.0. The molecule has 4 rings (SSSR count). The molecule has 0 bridgehead atoms. The summed E-state index contributed by atoms with van der Waals surface area (Å²) in [4.78, 5) is 20.6. The maximum Gasteiger partial charge on any atom is 0.327 e. The lowest BCUT2D eigenvalue weighted by molar-refractivity contribution is -0.940. The number of ether oxygens (including phenoxy) is 2. The van der Waals surface area contributed by atoms with Gasteiger partial charge in [0, 0.05) is 47.0 Å². The van der Waals surface area contributed by atoms with E-state index in [9.17, 15) is 9.90 Å². The standard InChI is InChI=1S/C47H74N4O4/c1-5-6-7-8-9-10-11-12-13-14-15-16-17-18-19-20-21-22-23-24-33-54-46(52)36-49-47(53)55-38-51(4)32-30-45-43(37-51)42-34-39(2)25-28-44(42)50(45)31-29-41-27-26-40(3)48-35-41/h25-28,34-35H,5-24,29-33,36-38H2,1-4H3. The quantitative estimate of drug-likeness (QED) is 0.0242. The Morgan fingerprint density at radius 3 is 2.00 bits per heavy atom. The van der Waals surface area contributed by atoms with Gasteiger partial charge in [0.25, 0.3) is 0 Å². The van der Waals surface area contributed by atoms with Crippen molar-refractivity contribution in [2.24, 2.45) is 4.99 Å².